The molecule has 1 aromatic carbocycles. The van der Waals surface area contributed by atoms with E-state index in [9.17, 15) is 9.18 Å². The van der Waals surface area contributed by atoms with Crippen LogP contribution in [0.2, 0.25) is 5.02 Å². The summed E-state index contributed by atoms with van der Waals surface area (Å²) in [5.74, 6) is -0.962. The molecule has 6 heteroatoms. The molecule has 2 aromatic rings. The van der Waals surface area contributed by atoms with Gasteiger partial charge in [0.25, 0.3) is 0 Å². The first-order chi connectivity index (χ1) is 9.01. The summed E-state index contributed by atoms with van der Waals surface area (Å²) in [5, 5.41) is 0.0391. The number of nitrogens with two attached hydrogens (primary N) is 1. The molecule has 0 spiro atoms. The van der Waals surface area contributed by atoms with E-state index in [2.05, 4.69) is 4.74 Å². The van der Waals surface area contributed by atoms with Crippen molar-refractivity contribution in [2.45, 2.75) is 6.54 Å². The molecular formula is C13H12ClFN2O2. The third-order valence-corrected chi connectivity index (χ3v) is 2.94. The topological polar surface area (TPSA) is 57.2 Å². The molecule has 1 heterocycles. The Labute approximate surface area is 114 Å². The molecular weight excluding hydrogens is 271 g/mol. The fourth-order valence-corrected chi connectivity index (χ4v) is 1.98. The normalized spacial score (nSPS) is 10.5. The highest BCUT2D eigenvalue weighted by atomic mass is 35.5. The highest BCUT2D eigenvalue weighted by Crippen LogP contribution is 2.19. The van der Waals surface area contributed by atoms with Crippen LogP contribution >= 0.6 is 11.6 Å². The molecule has 1 aromatic heterocycles. The first-order valence-corrected chi connectivity index (χ1v) is 5.87. The third-order valence-electron chi connectivity index (χ3n) is 2.65. The van der Waals surface area contributed by atoms with Crippen molar-refractivity contribution in [3.05, 3.63) is 52.6 Å². The van der Waals surface area contributed by atoms with Gasteiger partial charge >= 0.3 is 5.97 Å². The van der Waals surface area contributed by atoms with Crippen LogP contribution in [0.1, 0.15) is 16.1 Å². The highest BCUT2D eigenvalue weighted by molar-refractivity contribution is 6.30. The van der Waals surface area contributed by atoms with Crippen molar-refractivity contribution >= 4 is 23.3 Å². The molecule has 0 atom stereocenters. The minimum Gasteiger partial charge on any atom is -0.464 e. The van der Waals surface area contributed by atoms with Gasteiger partial charge in [-0.1, -0.05) is 17.7 Å². The lowest BCUT2D eigenvalue weighted by Gasteiger charge is -2.08. The van der Waals surface area contributed by atoms with Crippen LogP contribution in [0.4, 0.5) is 10.1 Å². The van der Waals surface area contributed by atoms with E-state index in [0.29, 0.717) is 17.9 Å². The molecule has 0 aliphatic rings. The summed E-state index contributed by atoms with van der Waals surface area (Å²) >= 11 is 5.71. The first kappa shape index (κ1) is 13.4. The number of benzene rings is 1. The highest BCUT2D eigenvalue weighted by Gasteiger charge is 2.13. The molecule has 0 bridgehead atoms. The summed E-state index contributed by atoms with van der Waals surface area (Å²) in [6.07, 6.45) is 1.61. The number of nitrogens with zero attached hydrogens (tertiary/aromatic N) is 1. The number of hydrogen-bond acceptors (Lipinski definition) is 3. The lowest BCUT2D eigenvalue weighted by atomic mass is 10.2. The number of hydrogen-bond donors (Lipinski definition) is 1. The van der Waals surface area contributed by atoms with E-state index in [1.165, 1.54) is 25.3 Å². The average Bonchev–Trinajstić information content (AvgIpc) is 2.74. The number of ether oxygens (including phenoxy) is 1. The average molecular weight is 283 g/mol. The SMILES string of the molecule is COC(=O)c1cc(N)cn1Cc1ccc(F)c(Cl)c1. The third kappa shape index (κ3) is 2.88. The van der Waals surface area contributed by atoms with Crippen molar-refractivity contribution in [1.82, 2.24) is 4.57 Å². The fraction of sp³-hybridized carbons (Fsp3) is 0.154. The second-order valence-electron chi connectivity index (χ2n) is 4.03. The van der Waals surface area contributed by atoms with Crippen LogP contribution < -0.4 is 5.73 Å². The number of esters is 1. The Morgan fingerprint density at radius 2 is 2.21 bits per heavy atom. The molecule has 0 amide bonds. The van der Waals surface area contributed by atoms with Gasteiger partial charge in [-0.15, -0.1) is 0 Å². The number of nitrogen functional groups attached to an aromatic ring is 1. The number of halogens is 2. The molecule has 2 rings (SSSR count). The Kier molecular flexibility index (Phi) is 3.76. The second-order valence-corrected chi connectivity index (χ2v) is 4.43. The van der Waals surface area contributed by atoms with E-state index in [1.54, 1.807) is 16.8 Å². The monoisotopic (exact) mass is 282 g/mol. The van der Waals surface area contributed by atoms with Gasteiger partial charge in [0.1, 0.15) is 11.5 Å². The minimum atomic E-state index is -0.482. The Balaban J connectivity index is 2.32. The Morgan fingerprint density at radius 1 is 1.47 bits per heavy atom. The zero-order valence-electron chi connectivity index (χ0n) is 10.2. The largest absolute Gasteiger partial charge is 0.464 e. The summed E-state index contributed by atoms with van der Waals surface area (Å²) in [6.45, 7) is 0.349. The number of rotatable bonds is 3. The van der Waals surface area contributed by atoms with Crippen molar-refractivity contribution in [2.75, 3.05) is 12.8 Å². The molecule has 100 valence electrons. The number of carbonyl (C=O) groups is 1. The van der Waals surface area contributed by atoms with Gasteiger partial charge in [0.05, 0.1) is 17.8 Å². The molecule has 0 fully saturated rings. The zero-order chi connectivity index (χ0) is 14.0. The van der Waals surface area contributed by atoms with E-state index in [1.807, 2.05) is 0 Å². The number of methoxy groups -OCH3 is 1. The van der Waals surface area contributed by atoms with Crippen molar-refractivity contribution < 1.29 is 13.9 Å². The van der Waals surface area contributed by atoms with Crippen molar-refractivity contribution in [3.8, 4) is 0 Å². The molecule has 4 nitrogen and oxygen atoms in total. The van der Waals surface area contributed by atoms with Crippen LogP contribution in [-0.2, 0) is 11.3 Å². The summed E-state index contributed by atoms with van der Waals surface area (Å²) in [5.41, 5.74) is 7.21. The van der Waals surface area contributed by atoms with E-state index in [-0.39, 0.29) is 5.02 Å². The van der Waals surface area contributed by atoms with Gasteiger partial charge in [-0.3, -0.25) is 0 Å². The van der Waals surface area contributed by atoms with Gasteiger partial charge in [-0.05, 0) is 23.8 Å². The van der Waals surface area contributed by atoms with Gasteiger partial charge in [-0.2, -0.15) is 0 Å². The van der Waals surface area contributed by atoms with E-state index < -0.39 is 11.8 Å². The molecule has 0 saturated heterocycles. The van der Waals surface area contributed by atoms with Crippen LogP contribution in [0.25, 0.3) is 0 Å². The minimum absolute atomic E-state index is 0.0391. The summed E-state index contributed by atoms with van der Waals surface area (Å²) in [6, 6.07) is 5.91. The Hall–Kier alpha value is -2.01. The van der Waals surface area contributed by atoms with E-state index in [4.69, 9.17) is 17.3 Å². The van der Waals surface area contributed by atoms with Crippen LogP contribution in [0.5, 0.6) is 0 Å². The molecule has 0 unspecified atom stereocenters. The lowest BCUT2D eigenvalue weighted by Crippen LogP contribution is -2.10. The molecule has 0 aliphatic carbocycles. The van der Waals surface area contributed by atoms with Crippen LogP contribution in [0.15, 0.2) is 30.5 Å². The molecule has 0 saturated carbocycles. The Bertz CT molecular complexity index is 625. The van der Waals surface area contributed by atoms with Crippen LogP contribution in [0.3, 0.4) is 0 Å². The maximum absolute atomic E-state index is 13.1. The van der Waals surface area contributed by atoms with Crippen molar-refractivity contribution in [1.29, 1.82) is 0 Å². The smallest absolute Gasteiger partial charge is 0.354 e. The van der Waals surface area contributed by atoms with Gasteiger partial charge in [0, 0.05) is 12.7 Å². The van der Waals surface area contributed by atoms with E-state index >= 15 is 0 Å². The number of carbonyl (C=O) groups excluding carboxylic acids is 1. The number of aromatic nitrogens is 1. The lowest BCUT2D eigenvalue weighted by molar-refractivity contribution is 0.0589. The van der Waals surface area contributed by atoms with Crippen molar-refractivity contribution in [2.24, 2.45) is 0 Å². The number of anilines is 1. The zero-order valence-corrected chi connectivity index (χ0v) is 10.9. The van der Waals surface area contributed by atoms with Crippen LogP contribution in [-0.4, -0.2) is 17.6 Å². The molecule has 19 heavy (non-hydrogen) atoms. The summed E-state index contributed by atoms with van der Waals surface area (Å²) < 4.78 is 19.4. The standard InChI is InChI=1S/C13H12ClFN2O2/c1-19-13(18)12-5-9(16)7-17(12)6-8-2-3-11(15)10(14)4-8/h2-5,7H,6,16H2,1H3. The van der Waals surface area contributed by atoms with Crippen molar-refractivity contribution in [3.63, 3.8) is 0 Å². The van der Waals surface area contributed by atoms with Gasteiger partial charge in [-0.25, -0.2) is 9.18 Å². The maximum Gasteiger partial charge on any atom is 0.354 e. The van der Waals surface area contributed by atoms with Crippen LogP contribution in [0, 0.1) is 5.82 Å². The summed E-state index contributed by atoms with van der Waals surface area (Å²) in [7, 11) is 1.30. The predicted molar refractivity (Wildman–Crippen MR) is 70.7 cm³/mol. The second kappa shape index (κ2) is 5.32. The molecule has 0 radical (unpaired) electrons. The van der Waals surface area contributed by atoms with E-state index in [0.717, 1.165) is 5.56 Å². The Morgan fingerprint density at radius 3 is 2.84 bits per heavy atom. The quantitative estimate of drug-likeness (QED) is 0.881. The summed E-state index contributed by atoms with van der Waals surface area (Å²) in [4.78, 5) is 11.6. The first-order valence-electron chi connectivity index (χ1n) is 5.49. The molecule has 2 N–H and O–H groups in total. The molecule has 0 aliphatic heterocycles. The van der Waals surface area contributed by atoms with Gasteiger partial charge < -0.3 is 15.0 Å². The fourth-order valence-electron chi connectivity index (χ4n) is 1.77. The predicted octanol–water partition coefficient (Wildman–Crippen LogP) is 2.70. The van der Waals surface area contributed by atoms with Gasteiger partial charge in [0.15, 0.2) is 0 Å². The maximum atomic E-state index is 13.1. The van der Waals surface area contributed by atoms with Gasteiger partial charge in [0.2, 0.25) is 0 Å².